The van der Waals surface area contributed by atoms with Crippen LogP contribution >= 0.6 is 0 Å². The Labute approximate surface area is 111 Å². The fraction of sp³-hybridized carbons (Fsp3) is 0.625. The van der Waals surface area contributed by atoms with Gasteiger partial charge >= 0.3 is 0 Å². The molecule has 0 heterocycles. The van der Waals surface area contributed by atoms with E-state index < -0.39 is 0 Å². The lowest BCUT2D eigenvalue weighted by Gasteiger charge is -2.20. The Morgan fingerprint density at radius 2 is 0.944 bits per heavy atom. The highest BCUT2D eigenvalue weighted by Gasteiger charge is 2.11. The van der Waals surface area contributed by atoms with Gasteiger partial charge in [-0.25, -0.2) is 0 Å². The number of rotatable bonds is 4. The van der Waals surface area contributed by atoms with Crippen LogP contribution in [-0.4, -0.2) is 11.2 Å². The van der Waals surface area contributed by atoms with Crippen molar-refractivity contribution < 1.29 is 9.47 Å². The summed E-state index contributed by atoms with van der Waals surface area (Å²) in [6, 6.07) is 8.42. The van der Waals surface area contributed by atoms with Crippen molar-refractivity contribution in [2.75, 3.05) is 0 Å². The van der Waals surface area contributed by atoms with E-state index in [1.165, 1.54) is 11.1 Å². The molecule has 0 fully saturated rings. The summed E-state index contributed by atoms with van der Waals surface area (Å²) in [5.74, 6) is 0. The molecule has 2 heteroatoms. The van der Waals surface area contributed by atoms with Crippen molar-refractivity contribution in [3.63, 3.8) is 0 Å². The molecule has 0 saturated carbocycles. The van der Waals surface area contributed by atoms with Crippen LogP contribution in [0.25, 0.3) is 0 Å². The molecule has 1 aromatic rings. The van der Waals surface area contributed by atoms with E-state index in [-0.39, 0.29) is 11.2 Å². The molecule has 18 heavy (non-hydrogen) atoms. The van der Waals surface area contributed by atoms with Crippen LogP contribution in [0.15, 0.2) is 24.3 Å². The van der Waals surface area contributed by atoms with Gasteiger partial charge in [0.2, 0.25) is 0 Å². The lowest BCUT2D eigenvalue weighted by atomic mass is 10.1. The molecule has 0 atom stereocenters. The second kappa shape index (κ2) is 5.85. The number of ether oxygens (including phenoxy) is 2. The van der Waals surface area contributed by atoms with Gasteiger partial charge in [-0.2, -0.15) is 0 Å². The standard InChI is InChI=1S/C16H26O2/c1-15(2,3)17-11-13-7-9-14(10-8-13)12-18-16(4,5)6/h7-10H,11-12H2,1-6H3. The van der Waals surface area contributed by atoms with E-state index in [2.05, 4.69) is 65.8 Å². The van der Waals surface area contributed by atoms with Crippen LogP contribution in [0, 0.1) is 0 Å². The van der Waals surface area contributed by atoms with Crippen molar-refractivity contribution in [1.29, 1.82) is 0 Å². The lowest BCUT2D eigenvalue weighted by Crippen LogP contribution is -2.19. The molecule has 0 unspecified atom stereocenters. The molecule has 102 valence electrons. The fourth-order valence-corrected chi connectivity index (χ4v) is 1.33. The maximum Gasteiger partial charge on any atom is 0.0724 e. The Bertz CT molecular complexity index is 315. The summed E-state index contributed by atoms with van der Waals surface area (Å²) in [5, 5.41) is 0. The molecular formula is C16H26O2. The van der Waals surface area contributed by atoms with Crippen molar-refractivity contribution in [1.82, 2.24) is 0 Å². The minimum atomic E-state index is -0.0893. The van der Waals surface area contributed by atoms with Crippen molar-refractivity contribution in [3.8, 4) is 0 Å². The van der Waals surface area contributed by atoms with Crippen molar-refractivity contribution in [2.45, 2.75) is 66.0 Å². The van der Waals surface area contributed by atoms with Gasteiger partial charge < -0.3 is 9.47 Å². The zero-order valence-electron chi connectivity index (χ0n) is 12.5. The number of hydrogen-bond donors (Lipinski definition) is 0. The van der Waals surface area contributed by atoms with Crippen LogP contribution in [0.1, 0.15) is 52.7 Å². The first kappa shape index (κ1) is 15.2. The van der Waals surface area contributed by atoms with Gasteiger partial charge in [-0.3, -0.25) is 0 Å². The topological polar surface area (TPSA) is 18.5 Å². The molecule has 1 aromatic carbocycles. The second-order valence-electron chi connectivity index (χ2n) is 6.62. The molecule has 0 amide bonds. The van der Waals surface area contributed by atoms with Crippen molar-refractivity contribution >= 4 is 0 Å². The molecule has 2 nitrogen and oxygen atoms in total. The van der Waals surface area contributed by atoms with E-state index in [4.69, 9.17) is 9.47 Å². The Hall–Kier alpha value is -0.860. The second-order valence-corrected chi connectivity index (χ2v) is 6.62. The zero-order valence-corrected chi connectivity index (χ0v) is 12.5. The third-order valence-electron chi connectivity index (χ3n) is 2.37. The largest absolute Gasteiger partial charge is 0.371 e. The highest BCUT2D eigenvalue weighted by molar-refractivity contribution is 5.21. The fourth-order valence-electron chi connectivity index (χ4n) is 1.33. The van der Waals surface area contributed by atoms with E-state index in [0.717, 1.165) is 0 Å². The molecule has 0 aromatic heterocycles. The smallest absolute Gasteiger partial charge is 0.0724 e. The van der Waals surface area contributed by atoms with Gasteiger partial charge in [0.1, 0.15) is 0 Å². The van der Waals surface area contributed by atoms with E-state index in [1.54, 1.807) is 0 Å². The minimum Gasteiger partial charge on any atom is -0.371 e. The zero-order chi connectivity index (χ0) is 13.8. The Morgan fingerprint density at radius 1 is 0.667 bits per heavy atom. The SMILES string of the molecule is CC(C)(C)OCc1ccc(COC(C)(C)C)cc1. The van der Waals surface area contributed by atoms with E-state index in [9.17, 15) is 0 Å². The maximum absolute atomic E-state index is 5.74. The van der Waals surface area contributed by atoms with Crippen molar-refractivity contribution in [2.24, 2.45) is 0 Å². The predicted molar refractivity (Wildman–Crippen MR) is 75.5 cm³/mol. The summed E-state index contributed by atoms with van der Waals surface area (Å²) in [4.78, 5) is 0. The third kappa shape index (κ3) is 6.77. The number of benzene rings is 1. The highest BCUT2D eigenvalue weighted by atomic mass is 16.5. The predicted octanol–water partition coefficient (Wildman–Crippen LogP) is 4.32. The third-order valence-corrected chi connectivity index (χ3v) is 2.37. The van der Waals surface area contributed by atoms with E-state index >= 15 is 0 Å². The van der Waals surface area contributed by atoms with Crippen LogP contribution < -0.4 is 0 Å². The Morgan fingerprint density at radius 3 is 1.17 bits per heavy atom. The molecule has 0 N–H and O–H groups in total. The maximum atomic E-state index is 5.74. The first-order valence-electron chi connectivity index (χ1n) is 6.51. The monoisotopic (exact) mass is 250 g/mol. The lowest BCUT2D eigenvalue weighted by molar-refractivity contribution is -0.0164. The van der Waals surface area contributed by atoms with Crippen LogP contribution in [0.3, 0.4) is 0 Å². The molecule has 0 aliphatic heterocycles. The molecule has 0 saturated heterocycles. The first-order valence-corrected chi connectivity index (χ1v) is 6.51. The highest BCUT2D eigenvalue weighted by Crippen LogP contribution is 2.15. The minimum absolute atomic E-state index is 0.0893. The van der Waals surface area contributed by atoms with Crippen LogP contribution in [0.2, 0.25) is 0 Å². The normalized spacial score (nSPS) is 12.8. The summed E-state index contributed by atoms with van der Waals surface area (Å²) in [6.45, 7) is 13.7. The first-order chi connectivity index (χ1) is 8.16. The van der Waals surface area contributed by atoms with Crippen molar-refractivity contribution in [3.05, 3.63) is 35.4 Å². The summed E-state index contributed by atoms with van der Waals surface area (Å²) >= 11 is 0. The molecule has 0 radical (unpaired) electrons. The van der Waals surface area contributed by atoms with Gasteiger partial charge in [0.25, 0.3) is 0 Å². The van der Waals surface area contributed by atoms with Gasteiger partial charge in [0.05, 0.1) is 24.4 Å². The summed E-state index contributed by atoms with van der Waals surface area (Å²) < 4.78 is 11.5. The summed E-state index contributed by atoms with van der Waals surface area (Å²) in [7, 11) is 0. The van der Waals surface area contributed by atoms with Gasteiger partial charge in [-0.05, 0) is 52.7 Å². The van der Waals surface area contributed by atoms with Gasteiger partial charge in [-0.15, -0.1) is 0 Å². The molecule has 0 spiro atoms. The molecule has 0 aliphatic rings. The van der Waals surface area contributed by atoms with Crippen LogP contribution in [0.4, 0.5) is 0 Å². The van der Waals surface area contributed by atoms with Gasteiger partial charge in [0.15, 0.2) is 0 Å². The van der Waals surface area contributed by atoms with Gasteiger partial charge in [0, 0.05) is 0 Å². The van der Waals surface area contributed by atoms with E-state index in [1.807, 2.05) is 0 Å². The van der Waals surface area contributed by atoms with Gasteiger partial charge in [-0.1, -0.05) is 24.3 Å². The van der Waals surface area contributed by atoms with E-state index in [0.29, 0.717) is 13.2 Å². The molecule has 0 aliphatic carbocycles. The van der Waals surface area contributed by atoms with Crippen LogP contribution in [-0.2, 0) is 22.7 Å². The average molecular weight is 250 g/mol. The molecule has 0 bridgehead atoms. The number of hydrogen-bond acceptors (Lipinski definition) is 2. The molecule has 1 rings (SSSR count). The Balaban J connectivity index is 2.48. The Kier molecular flexibility index (Phi) is 4.94. The quantitative estimate of drug-likeness (QED) is 0.792. The molecular weight excluding hydrogens is 224 g/mol. The summed E-state index contributed by atoms with van der Waals surface area (Å²) in [6.07, 6.45) is 0. The van der Waals surface area contributed by atoms with Crippen LogP contribution in [0.5, 0.6) is 0 Å². The average Bonchev–Trinajstić information content (AvgIpc) is 2.23. The summed E-state index contributed by atoms with van der Waals surface area (Å²) in [5.41, 5.74) is 2.22.